The molecule has 0 amide bonds. The summed E-state index contributed by atoms with van der Waals surface area (Å²) in [5.74, 6) is 0.899. The van der Waals surface area contributed by atoms with Crippen LogP contribution in [-0.4, -0.2) is 17.0 Å². The van der Waals surface area contributed by atoms with Gasteiger partial charge in [0.25, 0.3) is 0 Å². The van der Waals surface area contributed by atoms with Crippen molar-refractivity contribution in [1.29, 1.82) is 0 Å². The maximum atomic E-state index is 13.7. The average Bonchev–Trinajstić information content (AvgIpc) is 2.73. The summed E-state index contributed by atoms with van der Waals surface area (Å²) in [6, 6.07) is 4.84. The first-order chi connectivity index (χ1) is 7.67. The lowest BCUT2D eigenvalue weighted by Gasteiger charge is -2.26. The van der Waals surface area contributed by atoms with Gasteiger partial charge in [0, 0.05) is 21.9 Å². The maximum Gasteiger partial charge on any atom is 0.127 e. The van der Waals surface area contributed by atoms with Crippen LogP contribution in [0.3, 0.4) is 0 Å². The third-order valence-corrected chi connectivity index (χ3v) is 5.09. The Balaban J connectivity index is 2.25. The Morgan fingerprint density at radius 2 is 2.31 bits per heavy atom. The van der Waals surface area contributed by atoms with E-state index in [9.17, 15) is 4.39 Å². The van der Waals surface area contributed by atoms with Crippen LogP contribution in [0.5, 0.6) is 0 Å². The van der Waals surface area contributed by atoms with Crippen molar-refractivity contribution in [3.05, 3.63) is 34.6 Å². The average molecular weight is 260 g/mol. The van der Waals surface area contributed by atoms with Crippen LogP contribution in [0.2, 0.25) is 5.02 Å². The van der Waals surface area contributed by atoms with Crippen LogP contribution in [-0.2, 0) is 6.42 Å². The number of hydrogen-bond acceptors (Lipinski definition) is 2. The highest BCUT2D eigenvalue weighted by atomic mass is 35.5. The van der Waals surface area contributed by atoms with Crippen LogP contribution >= 0.6 is 23.4 Å². The second-order valence-corrected chi connectivity index (χ2v) is 6.19. The van der Waals surface area contributed by atoms with Gasteiger partial charge in [-0.2, -0.15) is 11.8 Å². The molecule has 1 aromatic carbocycles. The van der Waals surface area contributed by atoms with Crippen LogP contribution in [0.1, 0.15) is 18.4 Å². The molecule has 1 aliphatic rings. The van der Waals surface area contributed by atoms with Gasteiger partial charge in [0.1, 0.15) is 5.82 Å². The van der Waals surface area contributed by atoms with E-state index in [-0.39, 0.29) is 10.6 Å². The van der Waals surface area contributed by atoms with Crippen molar-refractivity contribution >= 4 is 23.4 Å². The first kappa shape index (κ1) is 12.2. The molecule has 88 valence electrons. The van der Waals surface area contributed by atoms with Crippen molar-refractivity contribution in [2.24, 2.45) is 5.73 Å². The number of rotatable bonds is 3. The van der Waals surface area contributed by atoms with Crippen LogP contribution in [0.4, 0.5) is 4.39 Å². The van der Waals surface area contributed by atoms with Gasteiger partial charge in [-0.1, -0.05) is 17.7 Å². The predicted molar refractivity (Wildman–Crippen MR) is 68.6 cm³/mol. The van der Waals surface area contributed by atoms with E-state index in [1.165, 1.54) is 6.07 Å². The first-order valence-corrected chi connectivity index (χ1v) is 6.80. The summed E-state index contributed by atoms with van der Waals surface area (Å²) in [5.41, 5.74) is 6.45. The molecular formula is C12H15ClFNS. The molecule has 1 saturated heterocycles. The van der Waals surface area contributed by atoms with E-state index in [0.29, 0.717) is 23.6 Å². The number of thioether (sulfide) groups is 1. The van der Waals surface area contributed by atoms with Crippen molar-refractivity contribution in [3.8, 4) is 0 Å². The van der Waals surface area contributed by atoms with E-state index in [4.69, 9.17) is 17.3 Å². The zero-order valence-corrected chi connectivity index (χ0v) is 10.6. The fourth-order valence-corrected chi connectivity index (χ4v) is 3.76. The lowest BCUT2D eigenvalue weighted by Crippen LogP contribution is -2.34. The van der Waals surface area contributed by atoms with Crippen LogP contribution in [0, 0.1) is 5.82 Å². The van der Waals surface area contributed by atoms with Gasteiger partial charge < -0.3 is 5.73 Å². The molecule has 16 heavy (non-hydrogen) atoms. The monoisotopic (exact) mass is 259 g/mol. The topological polar surface area (TPSA) is 26.0 Å². The summed E-state index contributed by atoms with van der Waals surface area (Å²) in [4.78, 5) is 0. The maximum absolute atomic E-state index is 13.7. The second kappa shape index (κ2) is 4.94. The molecule has 1 unspecified atom stereocenters. The fourth-order valence-electron chi connectivity index (χ4n) is 2.15. The fraction of sp³-hybridized carbons (Fsp3) is 0.500. The molecule has 0 aromatic heterocycles. The van der Waals surface area contributed by atoms with E-state index in [1.807, 2.05) is 11.8 Å². The quantitative estimate of drug-likeness (QED) is 0.902. The van der Waals surface area contributed by atoms with Crippen molar-refractivity contribution in [2.45, 2.75) is 24.0 Å². The summed E-state index contributed by atoms with van der Waals surface area (Å²) in [5, 5.41) is 0.514. The van der Waals surface area contributed by atoms with E-state index >= 15 is 0 Å². The summed E-state index contributed by atoms with van der Waals surface area (Å²) in [6.45, 7) is 0.586. The third kappa shape index (κ3) is 2.36. The minimum absolute atomic E-state index is 0.00810. The number of benzene rings is 1. The number of halogens is 2. The van der Waals surface area contributed by atoms with E-state index in [0.717, 1.165) is 18.6 Å². The third-order valence-electron chi connectivity index (χ3n) is 3.12. The summed E-state index contributed by atoms with van der Waals surface area (Å²) in [6.07, 6.45) is 2.85. The minimum Gasteiger partial charge on any atom is -0.329 e. The molecule has 1 nitrogen and oxygen atoms in total. The number of nitrogens with two attached hydrogens (primary N) is 1. The van der Waals surface area contributed by atoms with Gasteiger partial charge in [-0.05, 0) is 37.1 Å². The van der Waals surface area contributed by atoms with E-state index < -0.39 is 0 Å². The number of hydrogen-bond donors (Lipinski definition) is 1. The van der Waals surface area contributed by atoms with Gasteiger partial charge in [-0.3, -0.25) is 0 Å². The molecule has 2 rings (SSSR count). The standard InChI is InChI=1S/C12H15ClFNS/c13-10-3-1-4-11(14)9(10)7-12(8-15)5-2-6-16-12/h1,3-4H,2,5-8,15H2. The summed E-state index contributed by atoms with van der Waals surface area (Å²) < 4.78 is 13.7. The molecule has 1 aliphatic heterocycles. The minimum atomic E-state index is -0.215. The van der Waals surface area contributed by atoms with Crippen molar-refractivity contribution in [2.75, 3.05) is 12.3 Å². The molecule has 0 spiro atoms. The largest absolute Gasteiger partial charge is 0.329 e. The van der Waals surface area contributed by atoms with E-state index in [2.05, 4.69) is 0 Å². The predicted octanol–water partition coefficient (Wildman–Crippen LogP) is 3.25. The highest BCUT2D eigenvalue weighted by Crippen LogP contribution is 2.41. The van der Waals surface area contributed by atoms with Crippen LogP contribution < -0.4 is 5.73 Å². The van der Waals surface area contributed by atoms with Crippen molar-refractivity contribution in [1.82, 2.24) is 0 Å². The second-order valence-electron chi connectivity index (χ2n) is 4.22. The lowest BCUT2D eigenvalue weighted by atomic mass is 9.94. The molecule has 1 aromatic rings. The van der Waals surface area contributed by atoms with E-state index in [1.54, 1.807) is 12.1 Å². The Kier molecular flexibility index (Phi) is 3.77. The molecular weight excluding hydrogens is 245 g/mol. The Hall–Kier alpha value is -0.250. The van der Waals surface area contributed by atoms with Gasteiger partial charge in [-0.15, -0.1) is 0 Å². The smallest absolute Gasteiger partial charge is 0.127 e. The molecule has 2 N–H and O–H groups in total. The van der Waals surface area contributed by atoms with Gasteiger partial charge in [0.2, 0.25) is 0 Å². The Labute approximate surface area is 105 Å². The highest BCUT2D eigenvalue weighted by Gasteiger charge is 2.34. The summed E-state index contributed by atoms with van der Waals surface area (Å²) >= 11 is 7.89. The molecule has 0 bridgehead atoms. The van der Waals surface area contributed by atoms with Crippen molar-refractivity contribution in [3.63, 3.8) is 0 Å². The lowest BCUT2D eigenvalue weighted by molar-refractivity contribution is 0.538. The summed E-state index contributed by atoms with van der Waals surface area (Å²) in [7, 11) is 0. The molecule has 4 heteroatoms. The Morgan fingerprint density at radius 3 is 2.88 bits per heavy atom. The molecule has 1 heterocycles. The van der Waals surface area contributed by atoms with Crippen LogP contribution in [0.15, 0.2) is 18.2 Å². The SMILES string of the molecule is NCC1(Cc2c(F)cccc2Cl)CCCS1. The van der Waals surface area contributed by atoms with Crippen LogP contribution in [0.25, 0.3) is 0 Å². The van der Waals surface area contributed by atoms with Gasteiger partial charge in [-0.25, -0.2) is 4.39 Å². The zero-order chi connectivity index (χ0) is 11.6. The first-order valence-electron chi connectivity index (χ1n) is 5.44. The molecule has 0 aliphatic carbocycles. The Morgan fingerprint density at radius 1 is 1.50 bits per heavy atom. The van der Waals surface area contributed by atoms with Gasteiger partial charge in [0.05, 0.1) is 0 Å². The highest BCUT2D eigenvalue weighted by molar-refractivity contribution is 8.00. The van der Waals surface area contributed by atoms with Gasteiger partial charge in [0.15, 0.2) is 0 Å². The van der Waals surface area contributed by atoms with Crippen molar-refractivity contribution < 1.29 is 4.39 Å². The molecule has 1 fully saturated rings. The van der Waals surface area contributed by atoms with Gasteiger partial charge >= 0.3 is 0 Å². The molecule has 0 radical (unpaired) electrons. The molecule has 0 saturated carbocycles. The zero-order valence-electron chi connectivity index (χ0n) is 9.01. The Bertz CT molecular complexity index is 357. The molecule has 1 atom stereocenters. The normalized spacial score (nSPS) is 24.9.